The van der Waals surface area contributed by atoms with Crippen molar-refractivity contribution in [3.63, 3.8) is 0 Å². The third-order valence-electron chi connectivity index (χ3n) is 6.71. The van der Waals surface area contributed by atoms with Crippen molar-refractivity contribution in [1.29, 1.82) is 0 Å². The van der Waals surface area contributed by atoms with Crippen LogP contribution in [-0.4, -0.2) is 38.7 Å². The van der Waals surface area contributed by atoms with Gasteiger partial charge in [0.15, 0.2) is 5.82 Å². The summed E-state index contributed by atoms with van der Waals surface area (Å²) in [6, 6.07) is 6.45. The van der Waals surface area contributed by atoms with Crippen molar-refractivity contribution in [3.8, 4) is 0 Å². The number of nitrogens with one attached hydrogen (secondary N) is 1. The third-order valence-corrected chi connectivity index (χ3v) is 6.71. The molecule has 1 fully saturated rings. The standard InChI is InChI=1S/C25H28F3N5O2.C2H6/c1-14(17-7-5-9-19(11-17)25(26,27)28)29-23-21-12-20(18-8-6-10-33(13-18)16(3)34)24(35)32(4)22(21)15(2)30-31-23;1-2/h5,7,9,11-12,14,18H,6,8,10,13H2,1-4H3,(H,29,31);1-2H3. The molecule has 3 heterocycles. The maximum absolute atomic E-state index is 13.3. The zero-order chi connectivity index (χ0) is 27.5. The van der Waals surface area contributed by atoms with Crippen LogP contribution in [0.25, 0.3) is 10.9 Å². The lowest BCUT2D eigenvalue weighted by atomic mass is 9.90. The first-order valence-corrected chi connectivity index (χ1v) is 12.5. The predicted octanol–water partition coefficient (Wildman–Crippen LogP) is 5.58. The van der Waals surface area contributed by atoms with Gasteiger partial charge < -0.3 is 14.8 Å². The smallest absolute Gasteiger partial charge is 0.361 e. The van der Waals surface area contributed by atoms with Gasteiger partial charge in [-0.15, -0.1) is 5.10 Å². The molecule has 7 nitrogen and oxygen atoms in total. The molecule has 3 aromatic rings. The van der Waals surface area contributed by atoms with Crippen molar-refractivity contribution in [2.75, 3.05) is 18.4 Å². The topological polar surface area (TPSA) is 80.1 Å². The van der Waals surface area contributed by atoms with Gasteiger partial charge in [0.1, 0.15) is 0 Å². The number of halogens is 3. The van der Waals surface area contributed by atoms with Gasteiger partial charge in [-0.25, -0.2) is 0 Å². The number of rotatable bonds is 4. The number of nitrogens with zero attached hydrogens (tertiary/aromatic N) is 4. The maximum Gasteiger partial charge on any atom is 0.416 e. The van der Waals surface area contributed by atoms with E-state index in [-0.39, 0.29) is 17.4 Å². The highest BCUT2D eigenvalue weighted by atomic mass is 19.4. The van der Waals surface area contributed by atoms with Crippen molar-refractivity contribution in [2.24, 2.45) is 7.05 Å². The number of carbonyl (C=O) groups is 1. The SMILES string of the molecule is CC.CC(=O)N1CCCC(c2cc3c(NC(C)c4cccc(C(F)(F)F)c4)nnc(C)c3n(C)c2=O)C1. The Morgan fingerprint density at radius 2 is 1.89 bits per heavy atom. The van der Waals surface area contributed by atoms with Crippen LogP contribution in [0.5, 0.6) is 0 Å². The van der Waals surface area contributed by atoms with Gasteiger partial charge in [0.25, 0.3) is 5.56 Å². The molecule has 1 N–H and O–H groups in total. The molecule has 1 aromatic carbocycles. The number of carbonyl (C=O) groups excluding carboxylic acids is 1. The number of hydrogen-bond acceptors (Lipinski definition) is 5. The second-order valence-electron chi connectivity index (χ2n) is 9.15. The van der Waals surface area contributed by atoms with E-state index in [1.807, 2.05) is 13.8 Å². The van der Waals surface area contributed by atoms with E-state index in [0.717, 1.165) is 25.0 Å². The molecule has 0 saturated carbocycles. The van der Waals surface area contributed by atoms with Gasteiger partial charge in [0.2, 0.25) is 5.91 Å². The molecule has 0 spiro atoms. The third kappa shape index (κ3) is 5.94. The number of likely N-dealkylation sites (tertiary alicyclic amines) is 1. The lowest BCUT2D eigenvalue weighted by Gasteiger charge is -2.32. The van der Waals surface area contributed by atoms with E-state index in [1.165, 1.54) is 13.0 Å². The van der Waals surface area contributed by atoms with Gasteiger partial charge >= 0.3 is 6.18 Å². The highest BCUT2D eigenvalue weighted by Crippen LogP contribution is 2.33. The Kier molecular flexibility index (Phi) is 8.60. The van der Waals surface area contributed by atoms with Gasteiger partial charge in [-0.05, 0) is 50.5 Å². The normalized spacial score (nSPS) is 16.7. The Morgan fingerprint density at radius 1 is 1.19 bits per heavy atom. The van der Waals surface area contributed by atoms with E-state index in [4.69, 9.17) is 0 Å². The summed E-state index contributed by atoms with van der Waals surface area (Å²) in [5.41, 5.74) is 1.34. The Bertz CT molecular complexity index is 1340. The van der Waals surface area contributed by atoms with E-state index >= 15 is 0 Å². The van der Waals surface area contributed by atoms with Crippen molar-refractivity contribution >= 4 is 22.6 Å². The van der Waals surface area contributed by atoms with Crippen LogP contribution in [0.3, 0.4) is 0 Å². The predicted molar refractivity (Wildman–Crippen MR) is 139 cm³/mol. The van der Waals surface area contributed by atoms with Crippen molar-refractivity contribution < 1.29 is 18.0 Å². The summed E-state index contributed by atoms with van der Waals surface area (Å²) in [5.74, 6) is 0.246. The fourth-order valence-electron chi connectivity index (χ4n) is 4.79. The average Bonchev–Trinajstić information content (AvgIpc) is 2.88. The van der Waals surface area contributed by atoms with Gasteiger partial charge in [-0.1, -0.05) is 26.0 Å². The lowest BCUT2D eigenvalue weighted by molar-refractivity contribution is -0.137. The Morgan fingerprint density at radius 3 is 2.54 bits per heavy atom. The highest BCUT2D eigenvalue weighted by molar-refractivity contribution is 5.91. The second-order valence-corrected chi connectivity index (χ2v) is 9.15. The molecular formula is C27H34F3N5O2. The largest absolute Gasteiger partial charge is 0.416 e. The van der Waals surface area contributed by atoms with Crippen LogP contribution >= 0.6 is 0 Å². The molecule has 200 valence electrons. The molecule has 1 aliphatic rings. The van der Waals surface area contributed by atoms with E-state index in [2.05, 4.69) is 15.5 Å². The van der Waals surface area contributed by atoms with Crippen molar-refractivity contribution in [2.45, 2.75) is 65.6 Å². The summed E-state index contributed by atoms with van der Waals surface area (Å²) >= 11 is 0. The number of fused-ring (bicyclic) bond motifs is 1. The fraction of sp³-hybridized carbons (Fsp3) is 0.481. The minimum Gasteiger partial charge on any atom is -0.361 e. The molecule has 2 unspecified atom stereocenters. The van der Waals surface area contributed by atoms with Crippen LogP contribution in [0.4, 0.5) is 19.0 Å². The molecular weight excluding hydrogens is 483 g/mol. The summed E-state index contributed by atoms with van der Waals surface area (Å²) in [4.78, 5) is 27.0. The molecule has 4 rings (SSSR count). The summed E-state index contributed by atoms with van der Waals surface area (Å²) in [7, 11) is 1.68. The summed E-state index contributed by atoms with van der Waals surface area (Å²) in [6.45, 7) is 10.2. The second kappa shape index (κ2) is 11.3. The number of piperidine rings is 1. The molecule has 1 amide bonds. The van der Waals surface area contributed by atoms with E-state index in [0.29, 0.717) is 46.6 Å². The number of pyridine rings is 1. The molecule has 2 atom stereocenters. The maximum atomic E-state index is 13.3. The summed E-state index contributed by atoms with van der Waals surface area (Å²) < 4.78 is 41.1. The number of alkyl halides is 3. The van der Waals surface area contributed by atoms with Gasteiger partial charge in [0.05, 0.1) is 22.8 Å². The summed E-state index contributed by atoms with van der Waals surface area (Å²) in [6.07, 6.45) is -2.85. The average molecular weight is 518 g/mol. The minimum absolute atomic E-state index is 0.0220. The van der Waals surface area contributed by atoms with Crippen LogP contribution in [0.1, 0.15) is 74.9 Å². The number of aryl methyl sites for hydroxylation is 2. The molecule has 0 aliphatic carbocycles. The molecule has 1 saturated heterocycles. The van der Waals surface area contributed by atoms with E-state index in [1.54, 1.807) is 42.5 Å². The van der Waals surface area contributed by atoms with Crippen LogP contribution in [0.2, 0.25) is 0 Å². The lowest BCUT2D eigenvalue weighted by Crippen LogP contribution is -2.39. The molecule has 1 aliphatic heterocycles. The Hall–Kier alpha value is -3.43. The Balaban J connectivity index is 0.00000186. The van der Waals surface area contributed by atoms with Crippen LogP contribution < -0.4 is 10.9 Å². The molecule has 0 bridgehead atoms. The van der Waals surface area contributed by atoms with Crippen LogP contribution in [0.15, 0.2) is 35.1 Å². The van der Waals surface area contributed by atoms with E-state index < -0.39 is 17.8 Å². The number of hydrogen-bond donors (Lipinski definition) is 1. The molecule has 10 heteroatoms. The zero-order valence-electron chi connectivity index (χ0n) is 22.1. The minimum atomic E-state index is -4.44. The van der Waals surface area contributed by atoms with Gasteiger partial charge in [-0.3, -0.25) is 9.59 Å². The van der Waals surface area contributed by atoms with E-state index in [9.17, 15) is 22.8 Å². The van der Waals surface area contributed by atoms with Crippen molar-refractivity contribution in [3.05, 3.63) is 63.1 Å². The number of benzene rings is 1. The monoisotopic (exact) mass is 517 g/mol. The number of aromatic nitrogens is 3. The highest BCUT2D eigenvalue weighted by Gasteiger charge is 2.31. The van der Waals surface area contributed by atoms with Crippen molar-refractivity contribution in [1.82, 2.24) is 19.7 Å². The van der Waals surface area contributed by atoms with Gasteiger partial charge in [0, 0.05) is 43.9 Å². The quantitative estimate of drug-likeness (QED) is 0.489. The van der Waals surface area contributed by atoms with Crippen LogP contribution in [-0.2, 0) is 18.0 Å². The number of anilines is 1. The molecule has 2 aromatic heterocycles. The summed E-state index contributed by atoms with van der Waals surface area (Å²) in [5, 5.41) is 12.3. The first-order valence-electron chi connectivity index (χ1n) is 12.5. The zero-order valence-corrected chi connectivity index (χ0v) is 22.1. The first-order chi connectivity index (χ1) is 17.5. The van der Waals surface area contributed by atoms with Crippen LogP contribution in [0, 0.1) is 6.92 Å². The molecule has 37 heavy (non-hydrogen) atoms. The first kappa shape index (κ1) is 28.1. The van der Waals surface area contributed by atoms with Gasteiger partial charge in [-0.2, -0.15) is 18.3 Å². The molecule has 0 radical (unpaired) electrons. The Labute approximate surface area is 214 Å². The number of amides is 1. The fourth-order valence-corrected chi connectivity index (χ4v) is 4.79.